The SMILES string of the molecule is O=C(CN1CCN(CC(=O)Nc2cccc(F)c2)CC1)NCCc1ccc(OC(F)F)cc1. The van der Waals surface area contributed by atoms with Gasteiger partial charge in [-0.15, -0.1) is 0 Å². The number of carbonyl (C=O) groups is 2. The molecule has 10 heteroatoms. The number of alkyl halides is 2. The van der Waals surface area contributed by atoms with Gasteiger partial charge in [0.1, 0.15) is 11.6 Å². The van der Waals surface area contributed by atoms with E-state index in [1.165, 1.54) is 30.3 Å². The van der Waals surface area contributed by atoms with Crippen LogP contribution < -0.4 is 15.4 Å². The molecule has 0 atom stereocenters. The zero-order valence-corrected chi connectivity index (χ0v) is 18.1. The number of hydrogen-bond donors (Lipinski definition) is 2. The van der Waals surface area contributed by atoms with E-state index in [0.717, 1.165) is 5.56 Å². The van der Waals surface area contributed by atoms with Gasteiger partial charge in [-0.25, -0.2) is 4.39 Å². The molecule has 0 radical (unpaired) electrons. The smallest absolute Gasteiger partial charge is 0.387 e. The lowest BCUT2D eigenvalue weighted by Crippen LogP contribution is -2.51. The Hall–Kier alpha value is -3.11. The summed E-state index contributed by atoms with van der Waals surface area (Å²) in [7, 11) is 0. The standard InChI is InChI=1S/C23H27F3N4O3/c24-18-2-1-3-19(14-18)28-22(32)16-30-12-10-29(11-13-30)15-21(31)27-9-8-17-4-6-20(7-5-17)33-23(25)26/h1-7,14,23H,8-13,15-16H2,(H,27,31)(H,28,32). The number of halogens is 3. The molecule has 0 spiro atoms. The van der Waals surface area contributed by atoms with Gasteiger partial charge in [0.2, 0.25) is 11.8 Å². The Morgan fingerprint density at radius 1 is 0.939 bits per heavy atom. The minimum atomic E-state index is -2.85. The zero-order valence-electron chi connectivity index (χ0n) is 18.1. The molecule has 178 valence electrons. The van der Waals surface area contributed by atoms with Crippen molar-refractivity contribution >= 4 is 17.5 Å². The van der Waals surface area contributed by atoms with E-state index in [0.29, 0.717) is 44.8 Å². The van der Waals surface area contributed by atoms with Crippen LogP contribution in [0.15, 0.2) is 48.5 Å². The fourth-order valence-electron chi connectivity index (χ4n) is 3.52. The summed E-state index contributed by atoms with van der Waals surface area (Å²) >= 11 is 0. The minimum absolute atomic E-state index is 0.0926. The molecule has 0 unspecified atom stereocenters. The largest absolute Gasteiger partial charge is 0.435 e. The Kier molecular flexibility index (Phi) is 9.08. The number of rotatable bonds is 10. The first kappa shape index (κ1) is 24.5. The molecular formula is C23H27F3N4O3. The van der Waals surface area contributed by atoms with Gasteiger partial charge in [0.05, 0.1) is 13.1 Å². The number of carbonyl (C=O) groups excluding carboxylic acids is 2. The highest BCUT2D eigenvalue weighted by Crippen LogP contribution is 2.15. The Morgan fingerprint density at radius 3 is 2.18 bits per heavy atom. The van der Waals surface area contributed by atoms with Gasteiger partial charge in [-0.1, -0.05) is 18.2 Å². The average Bonchev–Trinajstić information content (AvgIpc) is 2.76. The molecule has 3 rings (SSSR count). The van der Waals surface area contributed by atoms with E-state index in [9.17, 15) is 22.8 Å². The topological polar surface area (TPSA) is 73.9 Å². The maximum Gasteiger partial charge on any atom is 0.387 e. The first-order valence-corrected chi connectivity index (χ1v) is 10.7. The normalized spacial score (nSPS) is 14.8. The van der Waals surface area contributed by atoms with E-state index in [1.54, 1.807) is 18.2 Å². The summed E-state index contributed by atoms with van der Waals surface area (Å²) in [5, 5.41) is 5.54. The molecule has 2 aromatic rings. The summed E-state index contributed by atoms with van der Waals surface area (Å²) in [6.45, 7) is 0.678. The van der Waals surface area contributed by atoms with Crippen molar-refractivity contribution in [2.45, 2.75) is 13.0 Å². The first-order chi connectivity index (χ1) is 15.9. The van der Waals surface area contributed by atoms with Gasteiger partial charge >= 0.3 is 6.61 Å². The lowest BCUT2D eigenvalue weighted by molar-refractivity contribution is -0.123. The number of ether oxygens (including phenoxy) is 1. The zero-order chi connectivity index (χ0) is 23.6. The van der Waals surface area contributed by atoms with E-state index in [1.807, 2.05) is 9.80 Å². The molecular weight excluding hydrogens is 437 g/mol. The molecule has 1 saturated heterocycles. The fraction of sp³-hybridized carbons (Fsp3) is 0.391. The second-order valence-electron chi connectivity index (χ2n) is 7.73. The van der Waals surface area contributed by atoms with Crippen LogP contribution in [-0.2, 0) is 16.0 Å². The van der Waals surface area contributed by atoms with E-state index < -0.39 is 12.4 Å². The fourth-order valence-corrected chi connectivity index (χ4v) is 3.52. The molecule has 1 heterocycles. The lowest BCUT2D eigenvalue weighted by Gasteiger charge is -2.33. The summed E-state index contributed by atoms with van der Waals surface area (Å²) in [6, 6.07) is 12.1. The molecule has 1 aliphatic rings. The molecule has 0 aliphatic carbocycles. The van der Waals surface area contributed by atoms with Crippen molar-refractivity contribution in [3.05, 3.63) is 59.9 Å². The number of benzene rings is 2. The van der Waals surface area contributed by atoms with Crippen molar-refractivity contribution in [3.8, 4) is 5.75 Å². The molecule has 0 aromatic heterocycles. The van der Waals surface area contributed by atoms with Gasteiger partial charge in [-0.2, -0.15) is 8.78 Å². The van der Waals surface area contributed by atoms with E-state index in [-0.39, 0.29) is 30.7 Å². The minimum Gasteiger partial charge on any atom is -0.435 e. The van der Waals surface area contributed by atoms with Gasteiger partial charge < -0.3 is 15.4 Å². The third kappa shape index (κ3) is 8.74. The third-order valence-electron chi connectivity index (χ3n) is 5.19. The van der Waals surface area contributed by atoms with Crippen molar-refractivity contribution < 1.29 is 27.5 Å². The van der Waals surface area contributed by atoms with Crippen molar-refractivity contribution in [1.82, 2.24) is 15.1 Å². The van der Waals surface area contributed by atoms with Gasteiger partial charge in [-0.3, -0.25) is 19.4 Å². The first-order valence-electron chi connectivity index (χ1n) is 10.7. The van der Waals surface area contributed by atoms with Crippen molar-refractivity contribution in [2.24, 2.45) is 0 Å². The van der Waals surface area contributed by atoms with Crippen LogP contribution in [0.25, 0.3) is 0 Å². The number of amides is 2. The number of piperazine rings is 1. The van der Waals surface area contributed by atoms with Crippen LogP contribution in [0.2, 0.25) is 0 Å². The Balaban J connectivity index is 1.30. The van der Waals surface area contributed by atoms with Crippen molar-refractivity contribution in [1.29, 1.82) is 0 Å². The molecule has 0 bridgehead atoms. The van der Waals surface area contributed by atoms with Gasteiger partial charge in [0.15, 0.2) is 0 Å². The summed E-state index contributed by atoms with van der Waals surface area (Å²) in [6.07, 6.45) is 0.578. The highest BCUT2D eigenvalue weighted by atomic mass is 19.3. The molecule has 0 saturated carbocycles. The van der Waals surface area contributed by atoms with Gasteiger partial charge in [0.25, 0.3) is 0 Å². The predicted octanol–water partition coefficient (Wildman–Crippen LogP) is 2.34. The second-order valence-corrected chi connectivity index (χ2v) is 7.73. The quantitative estimate of drug-likeness (QED) is 0.565. The lowest BCUT2D eigenvalue weighted by atomic mass is 10.1. The monoisotopic (exact) mass is 464 g/mol. The van der Waals surface area contributed by atoms with Gasteiger partial charge in [-0.05, 0) is 42.3 Å². The third-order valence-corrected chi connectivity index (χ3v) is 5.19. The maximum absolute atomic E-state index is 13.2. The summed E-state index contributed by atoms with van der Waals surface area (Å²) in [5.41, 5.74) is 1.33. The van der Waals surface area contributed by atoms with E-state index in [2.05, 4.69) is 15.4 Å². The summed E-state index contributed by atoms with van der Waals surface area (Å²) < 4.78 is 41.9. The molecule has 2 amide bonds. The molecule has 7 nitrogen and oxygen atoms in total. The summed E-state index contributed by atoms with van der Waals surface area (Å²) in [4.78, 5) is 28.4. The molecule has 33 heavy (non-hydrogen) atoms. The Bertz CT molecular complexity index is 919. The number of anilines is 1. The molecule has 1 aliphatic heterocycles. The molecule has 2 aromatic carbocycles. The van der Waals surface area contributed by atoms with Crippen molar-refractivity contribution in [3.63, 3.8) is 0 Å². The van der Waals surface area contributed by atoms with E-state index in [4.69, 9.17) is 0 Å². The molecule has 1 fully saturated rings. The van der Waals surface area contributed by atoms with Crippen LogP contribution in [-0.4, -0.2) is 74.0 Å². The van der Waals surface area contributed by atoms with Gasteiger partial charge in [0, 0.05) is 38.4 Å². The van der Waals surface area contributed by atoms with Crippen LogP contribution in [0.5, 0.6) is 5.75 Å². The van der Waals surface area contributed by atoms with Crippen LogP contribution >= 0.6 is 0 Å². The highest BCUT2D eigenvalue weighted by molar-refractivity contribution is 5.92. The molecule has 2 N–H and O–H groups in total. The number of nitrogens with zero attached hydrogens (tertiary/aromatic N) is 2. The van der Waals surface area contributed by atoms with E-state index >= 15 is 0 Å². The summed E-state index contributed by atoms with van der Waals surface area (Å²) in [5.74, 6) is -0.606. The van der Waals surface area contributed by atoms with Crippen LogP contribution in [0.1, 0.15) is 5.56 Å². The average molecular weight is 464 g/mol. The van der Waals surface area contributed by atoms with Crippen LogP contribution in [0.4, 0.5) is 18.9 Å². The maximum atomic E-state index is 13.2. The second kappa shape index (κ2) is 12.2. The predicted molar refractivity (Wildman–Crippen MR) is 118 cm³/mol. The number of hydrogen-bond acceptors (Lipinski definition) is 5. The van der Waals surface area contributed by atoms with Crippen molar-refractivity contribution in [2.75, 3.05) is 51.1 Å². The Labute approximate surface area is 190 Å². The Morgan fingerprint density at radius 2 is 1.58 bits per heavy atom. The number of nitrogens with one attached hydrogen (secondary N) is 2. The van der Waals surface area contributed by atoms with Crippen LogP contribution in [0, 0.1) is 5.82 Å². The highest BCUT2D eigenvalue weighted by Gasteiger charge is 2.20. The van der Waals surface area contributed by atoms with Crippen LogP contribution in [0.3, 0.4) is 0 Å².